The van der Waals surface area contributed by atoms with Crippen molar-refractivity contribution in [2.45, 2.75) is 33.7 Å². The van der Waals surface area contributed by atoms with Crippen LogP contribution in [0.25, 0.3) is 0 Å². The molecule has 0 aromatic carbocycles. The van der Waals surface area contributed by atoms with E-state index in [0.717, 1.165) is 13.1 Å². The van der Waals surface area contributed by atoms with Crippen molar-refractivity contribution in [1.82, 2.24) is 14.9 Å². The summed E-state index contributed by atoms with van der Waals surface area (Å²) in [7, 11) is 0. The molecular weight excluding hydrogens is 216 g/mol. The molecule has 5 nitrogen and oxygen atoms in total. The molecule has 94 valence electrons. The van der Waals surface area contributed by atoms with E-state index in [1.165, 1.54) is 0 Å². The quantitative estimate of drug-likeness (QED) is 0.840. The molecule has 1 amide bonds. The maximum absolute atomic E-state index is 12.0. The van der Waals surface area contributed by atoms with Gasteiger partial charge in [-0.3, -0.25) is 4.79 Å². The highest BCUT2D eigenvalue weighted by Gasteiger charge is 2.18. The second-order valence-electron chi connectivity index (χ2n) is 3.87. The van der Waals surface area contributed by atoms with E-state index in [-0.39, 0.29) is 11.9 Å². The lowest BCUT2D eigenvalue weighted by molar-refractivity contribution is -0.131. The summed E-state index contributed by atoms with van der Waals surface area (Å²) in [4.78, 5) is 22.0. The van der Waals surface area contributed by atoms with Crippen molar-refractivity contribution < 1.29 is 4.79 Å². The van der Waals surface area contributed by atoms with E-state index >= 15 is 0 Å². The van der Waals surface area contributed by atoms with E-state index in [1.807, 2.05) is 27.7 Å². The van der Waals surface area contributed by atoms with Crippen molar-refractivity contribution in [2.24, 2.45) is 0 Å². The first-order chi connectivity index (χ1) is 8.08. The van der Waals surface area contributed by atoms with Crippen molar-refractivity contribution in [3.8, 4) is 0 Å². The Hall–Kier alpha value is -1.65. The zero-order valence-corrected chi connectivity index (χ0v) is 10.9. The Labute approximate surface area is 102 Å². The fourth-order valence-corrected chi connectivity index (χ4v) is 1.63. The SMILES string of the molecule is CCN(CC)C(=O)C(C)Nc1ccnc(C)n1. The molecule has 1 unspecified atom stereocenters. The summed E-state index contributed by atoms with van der Waals surface area (Å²) in [5.74, 6) is 1.47. The zero-order valence-electron chi connectivity index (χ0n) is 10.9. The number of nitrogens with one attached hydrogen (secondary N) is 1. The van der Waals surface area contributed by atoms with E-state index in [9.17, 15) is 4.79 Å². The smallest absolute Gasteiger partial charge is 0.244 e. The number of hydrogen-bond acceptors (Lipinski definition) is 4. The highest BCUT2D eigenvalue weighted by Crippen LogP contribution is 2.05. The van der Waals surface area contributed by atoms with Gasteiger partial charge in [0.25, 0.3) is 0 Å². The molecule has 0 saturated heterocycles. The third kappa shape index (κ3) is 3.69. The summed E-state index contributed by atoms with van der Waals surface area (Å²) in [6.45, 7) is 9.07. The van der Waals surface area contributed by atoms with Gasteiger partial charge >= 0.3 is 0 Å². The van der Waals surface area contributed by atoms with Crippen LogP contribution in [0.3, 0.4) is 0 Å². The molecule has 0 saturated carbocycles. The lowest BCUT2D eigenvalue weighted by Crippen LogP contribution is -2.41. The summed E-state index contributed by atoms with van der Waals surface area (Å²) in [6.07, 6.45) is 1.68. The predicted molar refractivity (Wildman–Crippen MR) is 67.8 cm³/mol. The lowest BCUT2D eigenvalue weighted by atomic mass is 10.2. The second kappa shape index (κ2) is 6.18. The number of aromatic nitrogens is 2. The van der Waals surface area contributed by atoms with Crippen LogP contribution in [0.5, 0.6) is 0 Å². The van der Waals surface area contributed by atoms with Gasteiger partial charge in [0.05, 0.1) is 0 Å². The van der Waals surface area contributed by atoms with Crippen LogP contribution >= 0.6 is 0 Å². The summed E-state index contributed by atoms with van der Waals surface area (Å²) in [5.41, 5.74) is 0. The predicted octanol–water partition coefficient (Wildman–Crippen LogP) is 1.45. The van der Waals surface area contributed by atoms with Gasteiger partial charge in [0, 0.05) is 19.3 Å². The average Bonchev–Trinajstić information content (AvgIpc) is 2.30. The van der Waals surface area contributed by atoms with Gasteiger partial charge in [-0.2, -0.15) is 0 Å². The molecule has 1 N–H and O–H groups in total. The van der Waals surface area contributed by atoms with Crippen LogP contribution in [0, 0.1) is 6.92 Å². The molecule has 0 bridgehead atoms. The van der Waals surface area contributed by atoms with Gasteiger partial charge in [0.2, 0.25) is 5.91 Å². The Morgan fingerprint density at radius 3 is 2.65 bits per heavy atom. The van der Waals surface area contributed by atoms with Crippen LogP contribution < -0.4 is 5.32 Å². The minimum atomic E-state index is -0.274. The molecular formula is C12H20N4O. The van der Waals surface area contributed by atoms with E-state index in [0.29, 0.717) is 11.6 Å². The minimum Gasteiger partial charge on any atom is -0.359 e. The zero-order chi connectivity index (χ0) is 12.8. The number of anilines is 1. The molecule has 17 heavy (non-hydrogen) atoms. The van der Waals surface area contributed by atoms with Gasteiger partial charge in [-0.15, -0.1) is 0 Å². The summed E-state index contributed by atoms with van der Waals surface area (Å²) >= 11 is 0. The Balaban J connectivity index is 2.65. The van der Waals surface area contributed by atoms with Crippen LogP contribution in [0.2, 0.25) is 0 Å². The first-order valence-electron chi connectivity index (χ1n) is 5.93. The molecule has 1 heterocycles. The molecule has 1 aromatic heterocycles. The Kier molecular flexibility index (Phi) is 4.87. The maximum atomic E-state index is 12.0. The molecule has 1 atom stereocenters. The molecule has 0 fully saturated rings. The lowest BCUT2D eigenvalue weighted by Gasteiger charge is -2.23. The van der Waals surface area contributed by atoms with E-state index in [2.05, 4.69) is 15.3 Å². The topological polar surface area (TPSA) is 58.1 Å². The molecule has 0 radical (unpaired) electrons. The number of hydrogen-bond donors (Lipinski definition) is 1. The van der Waals surface area contributed by atoms with Gasteiger partial charge in [0.15, 0.2) is 0 Å². The minimum absolute atomic E-state index is 0.0891. The van der Waals surface area contributed by atoms with Crippen molar-refractivity contribution in [3.05, 3.63) is 18.1 Å². The maximum Gasteiger partial charge on any atom is 0.244 e. The fraction of sp³-hybridized carbons (Fsp3) is 0.583. The van der Waals surface area contributed by atoms with Gasteiger partial charge in [-0.05, 0) is 33.8 Å². The average molecular weight is 236 g/mol. The van der Waals surface area contributed by atoms with Gasteiger partial charge in [-0.1, -0.05) is 0 Å². The Morgan fingerprint density at radius 2 is 2.12 bits per heavy atom. The standard InChI is InChI=1S/C12H20N4O/c1-5-16(6-2)12(17)9(3)14-11-7-8-13-10(4)15-11/h7-9H,5-6H2,1-4H3,(H,13,14,15). The number of aryl methyl sites for hydroxylation is 1. The molecule has 0 spiro atoms. The normalized spacial score (nSPS) is 12.0. The molecule has 0 aliphatic rings. The summed E-state index contributed by atoms with van der Waals surface area (Å²) < 4.78 is 0. The first kappa shape index (κ1) is 13.4. The van der Waals surface area contributed by atoms with E-state index in [1.54, 1.807) is 17.2 Å². The van der Waals surface area contributed by atoms with Crippen LogP contribution in [0.4, 0.5) is 5.82 Å². The third-order valence-corrected chi connectivity index (χ3v) is 2.59. The fourth-order valence-electron chi connectivity index (χ4n) is 1.63. The highest BCUT2D eigenvalue weighted by molar-refractivity contribution is 5.83. The third-order valence-electron chi connectivity index (χ3n) is 2.59. The van der Waals surface area contributed by atoms with Crippen LogP contribution in [-0.2, 0) is 4.79 Å². The molecule has 5 heteroatoms. The number of nitrogens with zero attached hydrogens (tertiary/aromatic N) is 3. The largest absolute Gasteiger partial charge is 0.359 e. The number of likely N-dealkylation sites (N-methyl/N-ethyl adjacent to an activating group) is 1. The molecule has 1 rings (SSSR count). The van der Waals surface area contributed by atoms with Crippen LogP contribution in [-0.4, -0.2) is 39.9 Å². The van der Waals surface area contributed by atoms with Gasteiger partial charge in [-0.25, -0.2) is 9.97 Å². The Bertz CT molecular complexity index is 377. The molecule has 0 aliphatic heterocycles. The van der Waals surface area contributed by atoms with E-state index < -0.39 is 0 Å². The van der Waals surface area contributed by atoms with Crippen molar-refractivity contribution >= 4 is 11.7 Å². The second-order valence-corrected chi connectivity index (χ2v) is 3.87. The summed E-state index contributed by atoms with van der Waals surface area (Å²) in [6, 6.07) is 1.49. The highest BCUT2D eigenvalue weighted by atomic mass is 16.2. The van der Waals surface area contributed by atoms with Crippen LogP contribution in [0.15, 0.2) is 12.3 Å². The Morgan fingerprint density at radius 1 is 1.47 bits per heavy atom. The number of amides is 1. The first-order valence-corrected chi connectivity index (χ1v) is 5.93. The van der Waals surface area contributed by atoms with Gasteiger partial charge < -0.3 is 10.2 Å². The van der Waals surface area contributed by atoms with Crippen molar-refractivity contribution in [1.29, 1.82) is 0 Å². The monoisotopic (exact) mass is 236 g/mol. The van der Waals surface area contributed by atoms with Crippen LogP contribution in [0.1, 0.15) is 26.6 Å². The van der Waals surface area contributed by atoms with Crippen molar-refractivity contribution in [2.75, 3.05) is 18.4 Å². The van der Waals surface area contributed by atoms with E-state index in [4.69, 9.17) is 0 Å². The summed E-state index contributed by atoms with van der Waals surface area (Å²) in [5, 5.41) is 3.09. The number of carbonyl (C=O) groups is 1. The van der Waals surface area contributed by atoms with Crippen molar-refractivity contribution in [3.63, 3.8) is 0 Å². The molecule has 0 aliphatic carbocycles. The number of carbonyl (C=O) groups excluding carboxylic acids is 1. The van der Waals surface area contributed by atoms with Gasteiger partial charge in [0.1, 0.15) is 17.7 Å². The molecule has 1 aromatic rings. The number of rotatable bonds is 5.